The van der Waals surface area contributed by atoms with Gasteiger partial charge in [-0.1, -0.05) is 0 Å². The Morgan fingerprint density at radius 3 is 2.00 bits per heavy atom. The van der Waals surface area contributed by atoms with E-state index in [2.05, 4.69) is 13.8 Å². The van der Waals surface area contributed by atoms with Crippen molar-refractivity contribution in [2.45, 2.75) is 17.6 Å². The van der Waals surface area contributed by atoms with Gasteiger partial charge >= 0.3 is 83.5 Å². The molecule has 0 saturated carbocycles. The van der Waals surface area contributed by atoms with E-state index in [-0.39, 0.29) is 0 Å². The number of hydrogen-bond acceptors (Lipinski definition) is 0. The Morgan fingerprint density at radius 1 is 1.80 bits per heavy atom. The van der Waals surface area contributed by atoms with Gasteiger partial charge in [-0.3, -0.25) is 0 Å². The van der Waals surface area contributed by atoms with E-state index in [0.717, 1.165) is 63.3 Å². The van der Waals surface area contributed by atoms with E-state index in [1.807, 2.05) is 0 Å². The summed E-state index contributed by atoms with van der Waals surface area (Å²) >= 11 is 0.858. The molecule has 0 rings (SSSR count). The standard InChI is InChI=1S/C4H9.Cs/c1-3-4-2;/h3H,4H2,1-2H3;. The number of hydrogen-bond donors (Lipinski definition) is 0. The topological polar surface area (TPSA) is 0 Å². The van der Waals surface area contributed by atoms with E-state index in [1.54, 1.807) is 0 Å². The third-order valence-corrected chi connectivity index (χ3v) is 3.38. The molecule has 1 heteroatoms. The van der Waals surface area contributed by atoms with Gasteiger partial charge < -0.3 is 0 Å². The summed E-state index contributed by atoms with van der Waals surface area (Å²) in [6, 6.07) is 0. The Hall–Kier alpha value is 2.05. The quantitative estimate of drug-likeness (QED) is 0.585. The third-order valence-electron chi connectivity index (χ3n) is 0.816. The average molecular weight is 190 g/mol. The van der Waals surface area contributed by atoms with Crippen LogP contribution in [-0.2, 0) is 0 Å². The van der Waals surface area contributed by atoms with Crippen LogP contribution in [0.2, 0.25) is -2.66 Å². The molecule has 0 aliphatic carbocycles. The van der Waals surface area contributed by atoms with Gasteiger partial charge in [-0.25, -0.2) is 0 Å². The molecule has 0 aromatic carbocycles. The maximum atomic E-state index is 2.32. The van der Waals surface area contributed by atoms with E-state index >= 15 is 0 Å². The fourth-order valence-electron chi connectivity index (χ4n) is 0. The third kappa shape index (κ3) is 6.05. The van der Waals surface area contributed by atoms with Crippen molar-refractivity contribution in [3.05, 3.63) is 0 Å². The van der Waals surface area contributed by atoms with E-state index in [0.29, 0.717) is 0 Å². The van der Waals surface area contributed by atoms with E-state index in [4.69, 9.17) is 0 Å². The molecule has 0 bridgehead atoms. The van der Waals surface area contributed by atoms with Crippen LogP contribution in [0.25, 0.3) is 0 Å². The van der Waals surface area contributed by atoms with Gasteiger partial charge in [-0.05, 0) is 0 Å². The van der Waals surface area contributed by atoms with Crippen LogP contribution in [0.1, 0.15) is 20.3 Å². The molecular weight excluding hydrogens is 181 g/mol. The molecule has 0 aliphatic heterocycles. The zero-order valence-corrected chi connectivity index (χ0v) is 10.6. The van der Waals surface area contributed by atoms with Crippen LogP contribution in [0, 0.1) is 0 Å². The summed E-state index contributed by atoms with van der Waals surface area (Å²) in [5, 5.41) is 0. The van der Waals surface area contributed by atoms with E-state index in [1.165, 1.54) is 6.42 Å². The predicted molar refractivity (Wildman–Crippen MR) is 25.5 cm³/mol. The van der Waals surface area contributed by atoms with Gasteiger partial charge in [0.05, 0.1) is 0 Å². The molecule has 0 fully saturated rings. The molecule has 0 aromatic heterocycles. The van der Waals surface area contributed by atoms with Crippen LogP contribution >= 0.6 is 0 Å². The first-order valence-corrected chi connectivity index (χ1v) is 5.90. The predicted octanol–water partition coefficient (Wildman–Crippen LogP) is 1.37. The van der Waals surface area contributed by atoms with Gasteiger partial charge in [0.15, 0.2) is 0 Å². The van der Waals surface area contributed by atoms with Crippen LogP contribution in [0.3, 0.4) is 0 Å². The Balaban J connectivity index is 2.54. The molecule has 0 aliphatic rings. The molecule has 26 valence electrons. The SMILES string of the molecule is CC[CH](C)[Cs]. The molecule has 0 saturated heterocycles. The molecule has 0 radical (unpaired) electrons. The molecule has 1 unspecified atom stereocenters. The van der Waals surface area contributed by atoms with Crippen molar-refractivity contribution in [2.75, 3.05) is 0 Å². The van der Waals surface area contributed by atoms with Gasteiger partial charge in [-0.2, -0.15) is 0 Å². The second-order valence-electron chi connectivity index (χ2n) is 1.80. The van der Waals surface area contributed by atoms with Crippen LogP contribution in [0.5, 0.6) is 0 Å². The first kappa shape index (κ1) is 7.05. The number of rotatable bonds is 1. The summed E-state index contributed by atoms with van der Waals surface area (Å²) < 4.78 is 1.11. The van der Waals surface area contributed by atoms with Crippen molar-refractivity contribution in [1.82, 2.24) is 0 Å². The van der Waals surface area contributed by atoms with Crippen molar-refractivity contribution in [2.24, 2.45) is 0 Å². The van der Waals surface area contributed by atoms with E-state index < -0.39 is 0 Å². The second-order valence-corrected chi connectivity index (χ2v) is 7.99. The summed E-state index contributed by atoms with van der Waals surface area (Å²) in [4.78, 5) is 0. The fourth-order valence-corrected chi connectivity index (χ4v) is 0. The summed E-state index contributed by atoms with van der Waals surface area (Å²) in [6.45, 7) is 4.58. The normalized spacial score (nSPS) is 15.2. The molecule has 5 heavy (non-hydrogen) atoms. The minimum absolute atomic E-state index is 0.858. The molecule has 0 spiro atoms. The summed E-state index contributed by atoms with van der Waals surface area (Å²) in [7, 11) is 0. The van der Waals surface area contributed by atoms with Gasteiger partial charge in [0.2, 0.25) is 0 Å². The maximum absolute atomic E-state index is 2.32. The van der Waals surface area contributed by atoms with Crippen molar-refractivity contribution < 1.29 is 0 Å². The Morgan fingerprint density at radius 2 is 2.00 bits per heavy atom. The first-order valence-electron chi connectivity index (χ1n) is 2.27. The molecule has 0 amide bonds. The van der Waals surface area contributed by atoms with Crippen molar-refractivity contribution in [3.63, 3.8) is 0 Å². The van der Waals surface area contributed by atoms with Gasteiger partial charge in [0.25, 0.3) is 0 Å². The zero-order valence-electron chi connectivity index (χ0n) is 4.28. The molecule has 0 heterocycles. The van der Waals surface area contributed by atoms with Crippen LogP contribution in [0.15, 0.2) is 0 Å². The van der Waals surface area contributed by atoms with Crippen molar-refractivity contribution in [1.29, 1.82) is 0 Å². The molecule has 0 aromatic rings. The summed E-state index contributed by atoms with van der Waals surface area (Å²) in [5.41, 5.74) is 0. The summed E-state index contributed by atoms with van der Waals surface area (Å²) in [6.07, 6.45) is 1.40. The van der Waals surface area contributed by atoms with Crippen LogP contribution in [0.4, 0.5) is 0 Å². The first-order chi connectivity index (χ1) is 2.27. The fraction of sp³-hybridized carbons (Fsp3) is 1.00. The van der Waals surface area contributed by atoms with Crippen LogP contribution in [-0.4, -0.2) is 65.9 Å². The van der Waals surface area contributed by atoms with Gasteiger partial charge in [-0.15, -0.1) is 0 Å². The second kappa shape index (κ2) is 4.22. The monoisotopic (exact) mass is 190 g/mol. The van der Waals surface area contributed by atoms with Gasteiger partial charge in [0, 0.05) is 0 Å². The zero-order chi connectivity index (χ0) is 4.28. The van der Waals surface area contributed by atoms with E-state index in [9.17, 15) is 0 Å². The molecule has 0 N–H and O–H groups in total. The van der Waals surface area contributed by atoms with Crippen molar-refractivity contribution in [3.8, 4) is 0 Å². The molecule has 0 nitrogen and oxygen atoms in total. The van der Waals surface area contributed by atoms with Crippen molar-refractivity contribution >= 4 is 65.9 Å². The van der Waals surface area contributed by atoms with Gasteiger partial charge in [0.1, 0.15) is 0 Å². The molecular formula is C4H9Cs. The molecule has 1 atom stereocenters. The Kier molecular flexibility index (Phi) is 5.95. The Bertz CT molecular complexity index is 17.6. The summed E-state index contributed by atoms with van der Waals surface area (Å²) in [5.74, 6) is 0. The minimum atomic E-state index is 0.858. The Labute approximate surface area is 81.1 Å². The average Bonchev–Trinajstić information content (AvgIpc) is 1.38. The van der Waals surface area contributed by atoms with Crippen LogP contribution < -0.4 is 0 Å².